The van der Waals surface area contributed by atoms with Gasteiger partial charge in [-0.15, -0.1) is 0 Å². The van der Waals surface area contributed by atoms with Crippen LogP contribution < -0.4 is 5.32 Å². The Labute approximate surface area is 186 Å². The van der Waals surface area contributed by atoms with Gasteiger partial charge in [0.15, 0.2) is 5.76 Å². The largest absolute Gasteiger partial charge is 0.451 e. The van der Waals surface area contributed by atoms with E-state index in [0.29, 0.717) is 34.9 Å². The van der Waals surface area contributed by atoms with Crippen molar-refractivity contribution in [1.82, 2.24) is 4.31 Å². The minimum absolute atomic E-state index is 0.168. The summed E-state index contributed by atoms with van der Waals surface area (Å²) in [5.74, 6) is -0.235. The number of halogens is 1. The van der Waals surface area contributed by atoms with Crippen molar-refractivity contribution in [2.45, 2.75) is 37.9 Å². The molecule has 0 radical (unpaired) electrons. The van der Waals surface area contributed by atoms with Crippen LogP contribution in [-0.2, 0) is 14.8 Å². The summed E-state index contributed by atoms with van der Waals surface area (Å²) < 4.78 is 38.7. The number of nitrogens with one attached hydrogen (secondary N) is 1. The molecule has 1 aliphatic rings. The number of fused-ring (bicyclic) bond motifs is 1. The van der Waals surface area contributed by atoms with Crippen molar-refractivity contribution >= 4 is 44.2 Å². The van der Waals surface area contributed by atoms with E-state index in [9.17, 15) is 13.2 Å². The van der Waals surface area contributed by atoms with E-state index in [0.717, 1.165) is 5.39 Å². The number of anilines is 1. The summed E-state index contributed by atoms with van der Waals surface area (Å²) in [7, 11) is -3.64. The number of hydrogen-bond acceptors (Lipinski definition) is 5. The van der Waals surface area contributed by atoms with Crippen LogP contribution in [0.4, 0.5) is 5.69 Å². The topological polar surface area (TPSA) is 88.9 Å². The molecule has 31 heavy (non-hydrogen) atoms. The predicted octanol–water partition coefficient (Wildman–Crippen LogP) is 4.44. The number of furan rings is 1. The number of sulfonamides is 1. The molecule has 0 saturated carbocycles. The maximum absolute atomic E-state index is 13.0. The Morgan fingerprint density at radius 3 is 2.39 bits per heavy atom. The van der Waals surface area contributed by atoms with Crippen molar-refractivity contribution in [3.63, 3.8) is 0 Å². The number of morpholine rings is 1. The summed E-state index contributed by atoms with van der Waals surface area (Å²) in [6.07, 6.45) is -0.335. The first-order valence-electron chi connectivity index (χ1n) is 9.91. The number of carbonyl (C=O) groups excluding carboxylic acids is 1. The van der Waals surface area contributed by atoms with Gasteiger partial charge in [0.2, 0.25) is 10.0 Å². The van der Waals surface area contributed by atoms with Gasteiger partial charge in [0, 0.05) is 34.7 Å². The van der Waals surface area contributed by atoms with Crippen molar-refractivity contribution < 1.29 is 22.4 Å². The highest BCUT2D eigenvalue weighted by Gasteiger charge is 2.32. The highest BCUT2D eigenvalue weighted by Crippen LogP contribution is 2.29. The molecule has 0 unspecified atom stereocenters. The Morgan fingerprint density at radius 2 is 1.74 bits per heavy atom. The van der Waals surface area contributed by atoms with Crippen LogP contribution in [0, 0.1) is 6.92 Å². The second-order valence-corrected chi connectivity index (χ2v) is 10.1. The third-order valence-corrected chi connectivity index (χ3v) is 7.32. The maximum atomic E-state index is 13.0. The molecule has 0 spiro atoms. The van der Waals surface area contributed by atoms with Gasteiger partial charge < -0.3 is 14.5 Å². The third kappa shape index (κ3) is 4.34. The molecular formula is C22H23ClN2O5S. The number of hydrogen-bond donors (Lipinski definition) is 1. The molecule has 3 aromatic rings. The average molecular weight is 463 g/mol. The predicted molar refractivity (Wildman–Crippen MR) is 119 cm³/mol. The summed E-state index contributed by atoms with van der Waals surface area (Å²) >= 11 is 6.03. The fraction of sp³-hybridized carbons (Fsp3) is 0.318. The van der Waals surface area contributed by atoms with Crippen molar-refractivity contribution in [1.29, 1.82) is 0 Å². The van der Waals surface area contributed by atoms with Gasteiger partial charge >= 0.3 is 0 Å². The van der Waals surface area contributed by atoms with Crippen LogP contribution in [0.15, 0.2) is 51.8 Å². The van der Waals surface area contributed by atoms with Crippen LogP contribution >= 0.6 is 11.6 Å². The van der Waals surface area contributed by atoms with E-state index in [1.165, 1.54) is 16.4 Å². The molecule has 1 aromatic heterocycles. The zero-order chi connectivity index (χ0) is 22.3. The first kappa shape index (κ1) is 21.8. The van der Waals surface area contributed by atoms with Crippen LogP contribution in [0.25, 0.3) is 11.0 Å². The van der Waals surface area contributed by atoms with Gasteiger partial charge in [-0.1, -0.05) is 11.6 Å². The number of aryl methyl sites for hydroxylation is 1. The summed E-state index contributed by atoms with van der Waals surface area (Å²) in [6, 6.07) is 11.3. The first-order valence-corrected chi connectivity index (χ1v) is 11.7. The monoisotopic (exact) mass is 462 g/mol. The molecule has 1 aliphatic heterocycles. The summed E-state index contributed by atoms with van der Waals surface area (Å²) in [6.45, 7) is 6.10. The Hall–Kier alpha value is -2.39. The number of rotatable bonds is 4. The number of ether oxygens (including phenoxy) is 1. The van der Waals surface area contributed by atoms with Crippen molar-refractivity contribution in [3.05, 3.63) is 58.8 Å². The van der Waals surface area contributed by atoms with E-state index in [4.69, 9.17) is 20.8 Å². The Kier molecular flexibility index (Phi) is 5.83. The van der Waals surface area contributed by atoms with E-state index < -0.39 is 15.9 Å². The zero-order valence-electron chi connectivity index (χ0n) is 17.4. The molecule has 2 atom stereocenters. The Morgan fingerprint density at radius 1 is 1.10 bits per heavy atom. The van der Waals surface area contributed by atoms with E-state index in [-0.39, 0.29) is 22.9 Å². The van der Waals surface area contributed by atoms with E-state index >= 15 is 0 Å². The number of nitrogens with zero attached hydrogens (tertiary/aromatic N) is 1. The molecule has 9 heteroatoms. The second-order valence-electron chi connectivity index (χ2n) is 7.75. The molecule has 1 amide bonds. The van der Waals surface area contributed by atoms with E-state index in [1.54, 1.807) is 37.3 Å². The summed E-state index contributed by atoms with van der Waals surface area (Å²) in [5.41, 5.74) is 1.72. The molecule has 0 aliphatic carbocycles. The smallest absolute Gasteiger partial charge is 0.291 e. The molecule has 1 fully saturated rings. The van der Waals surface area contributed by atoms with Crippen LogP contribution in [-0.4, -0.2) is 43.9 Å². The van der Waals surface area contributed by atoms with E-state index in [1.807, 2.05) is 13.8 Å². The van der Waals surface area contributed by atoms with Gasteiger partial charge in [-0.2, -0.15) is 4.31 Å². The van der Waals surface area contributed by atoms with Crippen molar-refractivity contribution in [3.8, 4) is 0 Å². The molecule has 164 valence electrons. The standard InChI is InChI=1S/C22H23ClN2O5S/c1-13-11-25(12-14(2)29-13)31(27,28)18-7-5-17(6-8-18)24-22(26)21-15(3)19-10-16(23)4-9-20(19)30-21/h4-10,13-14H,11-12H2,1-3H3,(H,24,26)/t13-,14-/m0/s1. The van der Waals surface area contributed by atoms with Crippen LogP contribution in [0.3, 0.4) is 0 Å². The highest BCUT2D eigenvalue weighted by molar-refractivity contribution is 7.89. The van der Waals surface area contributed by atoms with Gasteiger partial charge in [-0.25, -0.2) is 8.42 Å². The van der Waals surface area contributed by atoms with Gasteiger partial charge in [-0.05, 0) is 63.2 Å². The SMILES string of the molecule is Cc1c(C(=O)Nc2ccc(S(=O)(=O)N3C[C@H](C)O[C@@H](C)C3)cc2)oc2ccc(Cl)cc12. The van der Waals surface area contributed by atoms with Crippen molar-refractivity contribution in [2.75, 3.05) is 18.4 Å². The van der Waals surface area contributed by atoms with Crippen LogP contribution in [0.5, 0.6) is 0 Å². The first-order chi connectivity index (χ1) is 14.6. The average Bonchev–Trinajstić information content (AvgIpc) is 3.04. The van der Waals surface area contributed by atoms with Gasteiger partial charge in [0.25, 0.3) is 5.91 Å². The van der Waals surface area contributed by atoms with Crippen LogP contribution in [0.1, 0.15) is 30.0 Å². The lowest BCUT2D eigenvalue weighted by atomic mass is 10.1. The lowest BCUT2D eigenvalue weighted by molar-refractivity contribution is -0.0440. The minimum atomic E-state index is -3.64. The zero-order valence-corrected chi connectivity index (χ0v) is 19.0. The Bertz CT molecular complexity index is 1230. The fourth-order valence-corrected chi connectivity index (χ4v) is 5.55. The molecule has 1 N–H and O–H groups in total. The minimum Gasteiger partial charge on any atom is -0.451 e. The Balaban J connectivity index is 1.52. The highest BCUT2D eigenvalue weighted by atomic mass is 35.5. The number of benzene rings is 2. The summed E-state index contributed by atoms with van der Waals surface area (Å²) in [5, 5.41) is 4.08. The van der Waals surface area contributed by atoms with Crippen molar-refractivity contribution in [2.24, 2.45) is 0 Å². The normalized spacial score (nSPS) is 20.1. The van der Waals surface area contributed by atoms with E-state index in [2.05, 4.69) is 5.32 Å². The van der Waals surface area contributed by atoms with Crippen LogP contribution in [0.2, 0.25) is 5.02 Å². The molecule has 2 heterocycles. The fourth-order valence-electron chi connectivity index (χ4n) is 3.78. The number of amides is 1. The molecule has 2 aromatic carbocycles. The molecular weight excluding hydrogens is 440 g/mol. The second kappa shape index (κ2) is 8.27. The molecule has 7 nitrogen and oxygen atoms in total. The quantitative estimate of drug-likeness (QED) is 0.619. The van der Waals surface area contributed by atoms with Gasteiger partial charge in [0.1, 0.15) is 5.58 Å². The maximum Gasteiger partial charge on any atom is 0.291 e. The molecule has 4 rings (SSSR count). The van der Waals surface area contributed by atoms with Gasteiger partial charge in [0.05, 0.1) is 17.1 Å². The lowest BCUT2D eigenvalue weighted by Crippen LogP contribution is -2.48. The molecule has 0 bridgehead atoms. The van der Waals surface area contributed by atoms with Gasteiger partial charge in [-0.3, -0.25) is 4.79 Å². The third-order valence-electron chi connectivity index (χ3n) is 5.24. The summed E-state index contributed by atoms with van der Waals surface area (Å²) in [4.78, 5) is 12.9. The lowest BCUT2D eigenvalue weighted by Gasteiger charge is -2.34. The number of carbonyl (C=O) groups is 1. The molecule has 1 saturated heterocycles.